The van der Waals surface area contributed by atoms with Crippen molar-refractivity contribution in [1.29, 1.82) is 0 Å². The van der Waals surface area contributed by atoms with E-state index in [1.165, 1.54) is 18.1 Å². The minimum atomic E-state index is -0.518. The number of hydrogen-bond acceptors (Lipinski definition) is 4. The van der Waals surface area contributed by atoms with E-state index in [1.807, 2.05) is 0 Å². The van der Waals surface area contributed by atoms with Crippen LogP contribution in [0.1, 0.15) is 24.3 Å². The Bertz CT molecular complexity index is 431. The third kappa shape index (κ3) is 3.51. The van der Waals surface area contributed by atoms with E-state index in [9.17, 15) is 14.0 Å². The van der Waals surface area contributed by atoms with Gasteiger partial charge in [0.1, 0.15) is 18.1 Å². The highest BCUT2D eigenvalue weighted by Gasteiger charge is 2.22. The maximum Gasteiger partial charge on any atom is 0.325 e. The molecule has 0 saturated carbocycles. The van der Waals surface area contributed by atoms with Crippen molar-refractivity contribution >= 4 is 11.9 Å². The van der Waals surface area contributed by atoms with Crippen LogP contribution in [0.15, 0.2) is 18.3 Å². The Morgan fingerprint density at radius 2 is 2.11 bits per heavy atom. The second-order valence-corrected chi connectivity index (χ2v) is 3.96. The minimum absolute atomic E-state index is 0.0917. The highest BCUT2D eigenvalue weighted by Crippen LogP contribution is 2.07. The van der Waals surface area contributed by atoms with Gasteiger partial charge in [0.15, 0.2) is 0 Å². The Hall–Kier alpha value is -1.98. The Labute approximate surface area is 105 Å². The van der Waals surface area contributed by atoms with Crippen molar-refractivity contribution in [2.24, 2.45) is 0 Å². The molecule has 0 bridgehead atoms. The number of amides is 1. The summed E-state index contributed by atoms with van der Waals surface area (Å²) in [5.41, 5.74) is 0.0917. The summed E-state index contributed by atoms with van der Waals surface area (Å²) in [6.45, 7) is 3.38. The van der Waals surface area contributed by atoms with Crippen LogP contribution in [0.2, 0.25) is 0 Å². The maximum absolute atomic E-state index is 12.7. The Morgan fingerprint density at radius 1 is 1.44 bits per heavy atom. The zero-order valence-corrected chi connectivity index (χ0v) is 10.5. The van der Waals surface area contributed by atoms with Gasteiger partial charge in [-0.3, -0.25) is 9.59 Å². The first kappa shape index (κ1) is 14.1. The molecule has 0 radical (unpaired) electrons. The smallest absolute Gasteiger partial charge is 0.325 e. The van der Waals surface area contributed by atoms with Gasteiger partial charge in [-0.05, 0) is 26.0 Å². The molecule has 18 heavy (non-hydrogen) atoms. The van der Waals surface area contributed by atoms with Crippen LogP contribution in [0, 0.1) is 5.82 Å². The van der Waals surface area contributed by atoms with Crippen LogP contribution in [-0.2, 0) is 9.53 Å². The average Bonchev–Trinajstić information content (AvgIpc) is 2.35. The molecule has 0 saturated heterocycles. The lowest BCUT2D eigenvalue weighted by Crippen LogP contribution is -2.41. The number of methoxy groups -OCH3 is 1. The van der Waals surface area contributed by atoms with Crippen molar-refractivity contribution in [3.05, 3.63) is 29.8 Å². The number of esters is 1. The number of carbonyl (C=O) groups is 2. The summed E-state index contributed by atoms with van der Waals surface area (Å²) >= 11 is 0. The van der Waals surface area contributed by atoms with E-state index in [1.54, 1.807) is 13.8 Å². The number of pyridine rings is 1. The van der Waals surface area contributed by atoms with E-state index >= 15 is 0 Å². The number of aromatic nitrogens is 1. The number of carbonyl (C=O) groups excluding carboxylic acids is 2. The van der Waals surface area contributed by atoms with Crippen LogP contribution < -0.4 is 0 Å². The van der Waals surface area contributed by atoms with Gasteiger partial charge < -0.3 is 9.64 Å². The van der Waals surface area contributed by atoms with Gasteiger partial charge >= 0.3 is 5.97 Å². The van der Waals surface area contributed by atoms with Gasteiger partial charge in [0.25, 0.3) is 5.91 Å². The summed E-state index contributed by atoms with van der Waals surface area (Å²) in [6, 6.07) is 2.24. The van der Waals surface area contributed by atoms with Gasteiger partial charge in [0, 0.05) is 6.04 Å². The van der Waals surface area contributed by atoms with Crippen LogP contribution >= 0.6 is 0 Å². The standard InChI is InChI=1S/C12H15FN2O3/c1-8(2)15(7-11(16)18-3)12(17)10-5-4-9(13)6-14-10/h4-6,8H,7H2,1-3H3. The molecule has 0 spiro atoms. The van der Waals surface area contributed by atoms with E-state index < -0.39 is 17.7 Å². The highest BCUT2D eigenvalue weighted by atomic mass is 19.1. The molecule has 1 aromatic rings. The molecule has 0 aliphatic heterocycles. The first-order valence-electron chi connectivity index (χ1n) is 5.45. The lowest BCUT2D eigenvalue weighted by Gasteiger charge is -2.24. The number of nitrogens with zero attached hydrogens (tertiary/aromatic N) is 2. The molecule has 1 rings (SSSR count). The summed E-state index contributed by atoms with van der Waals surface area (Å²) in [4.78, 5) is 28.3. The van der Waals surface area contributed by atoms with Crippen LogP contribution in [0.5, 0.6) is 0 Å². The average molecular weight is 254 g/mol. The van der Waals surface area contributed by atoms with Crippen LogP contribution in [-0.4, -0.2) is 41.5 Å². The summed E-state index contributed by atoms with van der Waals surface area (Å²) in [7, 11) is 1.25. The van der Waals surface area contributed by atoms with Crippen molar-refractivity contribution in [1.82, 2.24) is 9.88 Å². The van der Waals surface area contributed by atoms with Gasteiger partial charge in [-0.25, -0.2) is 9.37 Å². The molecule has 0 aliphatic carbocycles. The van der Waals surface area contributed by atoms with Gasteiger partial charge in [-0.2, -0.15) is 0 Å². The largest absolute Gasteiger partial charge is 0.468 e. The number of ether oxygens (including phenoxy) is 1. The van der Waals surface area contributed by atoms with Crippen molar-refractivity contribution < 1.29 is 18.7 Å². The topological polar surface area (TPSA) is 59.5 Å². The Morgan fingerprint density at radius 3 is 2.56 bits per heavy atom. The van der Waals surface area contributed by atoms with Crippen molar-refractivity contribution in [2.45, 2.75) is 19.9 Å². The lowest BCUT2D eigenvalue weighted by molar-refractivity contribution is -0.141. The summed E-state index contributed by atoms with van der Waals surface area (Å²) in [5.74, 6) is -1.47. The predicted octanol–water partition coefficient (Wildman–Crippen LogP) is 1.24. The fraction of sp³-hybridized carbons (Fsp3) is 0.417. The number of hydrogen-bond donors (Lipinski definition) is 0. The van der Waals surface area contributed by atoms with E-state index in [0.29, 0.717) is 0 Å². The third-order valence-corrected chi connectivity index (χ3v) is 2.36. The molecule has 0 N–H and O–H groups in total. The summed E-state index contributed by atoms with van der Waals surface area (Å²) in [6.07, 6.45) is 0.962. The summed E-state index contributed by atoms with van der Waals surface area (Å²) < 4.78 is 17.2. The molecule has 0 aliphatic rings. The van der Waals surface area contributed by atoms with Crippen molar-refractivity contribution in [3.8, 4) is 0 Å². The molecule has 5 nitrogen and oxygen atoms in total. The Balaban J connectivity index is 2.89. The van der Waals surface area contributed by atoms with Crippen molar-refractivity contribution in [3.63, 3.8) is 0 Å². The fourth-order valence-corrected chi connectivity index (χ4v) is 1.34. The number of halogens is 1. The van der Waals surface area contributed by atoms with Crippen LogP contribution in [0.4, 0.5) is 4.39 Å². The molecule has 0 aromatic carbocycles. The number of rotatable bonds is 4. The molecule has 98 valence electrons. The molecule has 6 heteroatoms. The minimum Gasteiger partial charge on any atom is -0.468 e. The van der Waals surface area contributed by atoms with E-state index in [2.05, 4.69) is 9.72 Å². The van der Waals surface area contributed by atoms with E-state index in [4.69, 9.17) is 0 Å². The fourth-order valence-electron chi connectivity index (χ4n) is 1.34. The van der Waals surface area contributed by atoms with Gasteiger partial charge in [-0.1, -0.05) is 0 Å². The molecule has 1 heterocycles. The van der Waals surface area contributed by atoms with Gasteiger partial charge in [0.05, 0.1) is 13.3 Å². The second kappa shape index (κ2) is 6.09. The molecule has 0 unspecified atom stereocenters. The molecular weight excluding hydrogens is 239 g/mol. The monoisotopic (exact) mass is 254 g/mol. The second-order valence-electron chi connectivity index (χ2n) is 3.96. The molecular formula is C12H15FN2O3. The molecule has 1 aromatic heterocycles. The van der Waals surface area contributed by atoms with E-state index in [-0.39, 0.29) is 18.3 Å². The predicted molar refractivity (Wildman–Crippen MR) is 62.4 cm³/mol. The van der Waals surface area contributed by atoms with Gasteiger partial charge in [-0.15, -0.1) is 0 Å². The zero-order valence-electron chi connectivity index (χ0n) is 10.5. The van der Waals surface area contributed by atoms with E-state index in [0.717, 1.165) is 12.3 Å². The van der Waals surface area contributed by atoms with Gasteiger partial charge in [0.2, 0.25) is 0 Å². The first-order valence-corrected chi connectivity index (χ1v) is 5.45. The normalized spacial score (nSPS) is 10.3. The van der Waals surface area contributed by atoms with Crippen molar-refractivity contribution in [2.75, 3.05) is 13.7 Å². The molecule has 1 amide bonds. The van der Waals surface area contributed by atoms with Crippen LogP contribution in [0.3, 0.4) is 0 Å². The lowest BCUT2D eigenvalue weighted by atomic mass is 10.2. The quantitative estimate of drug-likeness (QED) is 0.759. The highest BCUT2D eigenvalue weighted by molar-refractivity contribution is 5.94. The maximum atomic E-state index is 12.7. The molecule has 0 fully saturated rings. The SMILES string of the molecule is COC(=O)CN(C(=O)c1ccc(F)cn1)C(C)C. The first-order chi connectivity index (χ1) is 8.45. The molecule has 0 atom stereocenters. The Kier molecular flexibility index (Phi) is 4.76. The third-order valence-electron chi connectivity index (χ3n) is 2.36. The van der Waals surface area contributed by atoms with Crippen LogP contribution in [0.25, 0.3) is 0 Å². The summed E-state index contributed by atoms with van der Waals surface area (Å²) in [5, 5.41) is 0. The zero-order chi connectivity index (χ0) is 13.7.